The Hall–Kier alpha value is -2.78. The van der Waals surface area contributed by atoms with E-state index in [1.54, 1.807) is 30.4 Å². The summed E-state index contributed by atoms with van der Waals surface area (Å²) < 4.78 is 22.6. The van der Waals surface area contributed by atoms with Crippen molar-refractivity contribution in [2.75, 3.05) is 6.61 Å². The molecule has 2 heterocycles. The monoisotopic (exact) mass is 536 g/mol. The molecule has 10 unspecified atom stereocenters. The van der Waals surface area contributed by atoms with Crippen LogP contribution in [0.2, 0.25) is 0 Å². The van der Waals surface area contributed by atoms with E-state index in [0.717, 1.165) is 5.56 Å². The van der Waals surface area contributed by atoms with Gasteiger partial charge in [-0.1, -0.05) is 24.3 Å². The predicted octanol–water partition coefficient (Wildman–Crippen LogP) is -0.701. The molecule has 2 aliphatic heterocycles. The lowest BCUT2D eigenvalue weighted by atomic mass is 9.97. The molecule has 2 aromatic carbocycles. The molecule has 38 heavy (non-hydrogen) atoms. The van der Waals surface area contributed by atoms with E-state index in [9.17, 15) is 40.9 Å². The maximum atomic E-state index is 10.8. The lowest BCUT2D eigenvalue weighted by Gasteiger charge is -2.45. The van der Waals surface area contributed by atoms with Crippen LogP contribution in [0.1, 0.15) is 18.1 Å². The number of aliphatic hydroxyl groups excluding tert-OH is 6. The fourth-order valence-electron chi connectivity index (χ4n) is 4.26. The molecule has 0 aliphatic carbocycles. The van der Waals surface area contributed by atoms with Crippen LogP contribution in [0, 0.1) is 0 Å². The second-order valence-electron chi connectivity index (χ2n) is 9.29. The summed E-state index contributed by atoms with van der Waals surface area (Å²) in [5, 5.41) is 80.8. The minimum Gasteiger partial charge on any atom is -0.508 e. The summed E-state index contributed by atoms with van der Waals surface area (Å²) in [6, 6.07) is 10.8. The van der Waals surface area contributed by atoms with Gasteiger partial charge in [-0.15, -0.1) is 0 Å². The van der Waals surface area contributed by atoms with Crippen molar-refractivity contribution in [1.29, 1.82) is 0 Å². The number of benzene rings is 2. The molecule has 12 heteroatoms. The van der Waals surface area contributed by atoms with Crippen LogP contribution in [0.15, 0.2) is 42.5 Å². The molecular formula is C26H32O12. The molecule has 0 amide bonds. The fourth-order valence-corrected chi connectivity index (χ4v) is 4.26. The van der Waals surface area contributed by atoms with Crippen LogP contribution in [0.3, 0.4) is 0 Å². The van der Waals surface area contributed by atoms with Crippen LogP contribution in [0.5, 0.6) is 17.2 Å². The summed E-state index contributed by atoms with van der Waals surface area (Å²) in [6.45, 7) is 0.796. The Morgan fingerprint density at radius 3 is 2.11 bits per heavy atom. The van der Waals surface area contributed by atoms with Gasteiger partial charge in [0.15, 0.2) is 12.4 Å². The summed E-state index contributed by atoms with van der Waals surface area (Å²) >= 11 is 0. The Morgan fingerprint density at radius 1 is 0.737 bits per heavy atom. The number of hydrogen-bond acceptors (Lipinski definition) is 12. The van der Waals surface area contributed by atoms with Gasteiger partial charge in [0, 0.05) is 6.07 Å². The van der Waals surface area contributed by atoms with E-state index in [1.807, 2.05) is 0 Å². The van der Waals surface area contributed by atoms with Crippen molar-refractivity contribution >= 4 is 12.2 Å². The Kier molecular flexibility index (Phi) is 8.88. The highest BCUT2D eigenvalue weighted by Gasteiger charge is 2.50. The third kappa shape index (κ3) is 6.26. The zero-order valence-electron chi connectivity index (χ0n) is 20.4. The van der Waals surface area contributed by atoms with Gasteiger partial charge in [-0.05, 0) is 42.3 Å². The average molecular weight is 537 g/mol. The maximum absolute atomic E-state index is 10.8. The first-order valence-electron chi connectivity index (χ1n) is 12.0. The van der Waals surface area contributed by atoms with Crippen LogP contribution >= 0.6 is 0 Å². The van der Waals surface area contributed by atoms with Crippen LogP contribution in [-0.4, -0.2) is 109 Å². The van der Waals surface area contributed by atoms with Crippen molar-refractivity contribution in [3.63, 3.8) is 0 Å². The van der Waals surface area contributed by atoms with Crippen molar-refractivity contribution in [1.82, 2.24) is 0 Å². The van der Waals surface area contributed by atoms with Crippen molar-refractivity contribution in [2.45, 2.75) is 68.3 Å². The smallest absolute Gasteiger partial charge is 0.229 e. The Morgan fingerprint density at radius 2 is 1.42 bits per heavy atom. The number of phenolic OH excluding ortho intramolecular Hbond substituents is 2. The second kappa shape index (κ2) is 11.9. The van der Waals surface area contributed by atoms with Gasteiger partial charge in [0.05, 0.1) is 12.7 Å². The van der Waals surface area contributed by atoms with Crippen molar-refractivity contribution in [2.24, 2.45) is 0 Å². The summed E-state index contributed by atoms with van der Waals surface area (Å²) in [4.78, 5) is 0. The van der Waals surface area contributed by atoms with Crippen LogP contribution < -0.4 is 4.74 Å². The first kappa shape index (κ1) is 28.2. The number of aromatic hydroxyl groups is 2. The minimum atomic E-state index is -1.70. The highest BCUT2D eigenvalue weighted by molar-refractivity contribution is 5.71. The van der Waals surface area contributed by atoms with Crippen LogP contribution in [-0.2, 0) is 14.2 Å². The molecule has 2 aromatic rings. The van der Waals surface area contributed by atoms with Crippen LogP contribution in [0.25, 0.3) is 12.2 Å². The van der Waals surface area contributed by atoms with Crippen LogP contribution in [0.4, 0.5) is 0 Å². The number of phenols is 2. The van der Waals surface area contributed by atoms with Gasteiger partial charge in [-0.3, -0.25) is 0 Å². The van der Waals surface area contributed by atoms with E-state index in [0.29, 0.717) is 5.56 Å². The predicted molar refractivity (Wildman–Crippen MR) is 131 cm³/mol. The van der Waals surface area contributed by atoms with Gasteiger partial charge in [-0.25, -0.2) is 0 Å². The van der Waals surface area contributed by atoms with Gasteiger partial charge >= 0.3 is 0 Å². The van der Waals surface area contributed by atoms with Crippen molar-refractivity contribution in [3.8, 4) is 17.2 Å². The summed E-state index contributed by atoms with van der Waals surface area (Å²) in [5.74, 6) is 0.0554. The molecular weight excluding hydrogens is 504 g/mol. The fraction of sp³-hybridized carbons (Fsp3) is 0.462. The van der Waals surface area contributed by atoms with E-state index in [2.05, 4.69) is 0 Å². The molecule has 0 saturated carbocycles. The SMILES string of the molecule is CC1OC(OC2C(Oc3cc(O)cc(C=Cc4ccc(O)cc4)c3)OC(CO)C(O)C2O)C(O)C(O)C1O. The molecule has 0 aromatic heterocycles. The van der Waals surface area contributed by atoms with E-state index in [4.69, 9.17) is 18.9 Å². The summed E-state index contributed by atoms with van der Waals surface area (Å²) in [6.07, 6.45) is -11.2. The van der Waals surface area contributed by atoms with Gasteiger partial charge in [0.1, 0.15) is 53.9 Å². The largest absolute Gasteiger partial charge is 0.508 e. The molecule has 2 saturated heterocycles. The number of hydrogen-bond donors (Lipinski definition) is 8. The van der Waals surface area contributed by atoms with Crippen molar-refractivity contribution in [3.05, 3.63) is 53.6 Å². The standard InChI is InChI=1S/C26H32O12/c1-12-19(30)21(32)23(34)25(35-12)38-24-22(33)20(31)18(11-27)37-26(24)36-17-9-14(8-16(29)10-17)3-2-13-4-6-15(28)7-5-13/h2-10,12,18-34H,11H2,1H3. The molecule has 12 nitrogen and oxygen atoms in total. The zero-order chi connectivity index (χ0) is 27.6. The molecule has 4 rings (SSSR count). The third-order valence-electron chi connectivity index (χ3n) is 6.45. The van der Waals surface area contributed by atoms with E-state index >= 15 is 0 Å². The molecule has 0 radical (unpaired) electrons. The minimum absolute atomic E-state index is 0.0863. The van der Waals surface area contributed by atoms with Gasteiger partial charge in [0.2, 0.25) is 6.29 Å². The topological polar surface area (TPSA) is 199 Å². The van der Waals surface area contributed by atoms with Gasteiger partial charge in [0.25, 0.3) is 0 Å². The Bertz CT molecular complexity index is 1090. The van der Waals surface area contributed by atoms with Gasteiger partial charge in [-0.2, -0.15) is 0 Å². The van der Waals surface area contributed by atoms with Crippen molar-refractivity contribution < 1.29 is 59.8 Å². The Balaban J connectivity index is 1.56. The van der Waals surface area contributed by atoms with E-state index in [-0.39, 0.29) is 17.2 Å². The first-order chi connectivity index (χ1) is 18.1. The molecule has 10 atom stereocenters. The molecule has 2 fully saturated rings. The molecule has 0 bridgehead atoms. The maximum Gasteiger partial charge on any atom is 0.229 e. The molecule has 8 N–H and O–H groups in total. The summed E-state index contributed by atoms with van der Waals surface area (Å²) in [5.41, 5.74) is 1.31. The second-order valence-corrected chi connectivity index (χ2v) is 9.29. The molecule has 2 aliphatic rings. The molecule has 208 valence electrons. The molecule has 0 spiro atoms. The highest BCUT2D eigenvalue weighted by atomic mass is 16.8. The van der Waals surface area contributed by atoms with E-state index in [1.165, 1.54) is 31.2 Å². The van der Waals surface area contributed by atoms with E-state index < -0.39 is 68.0 Å². The summed E-state index contributed by atoms with van der Waals surface area (Å²) in [7, 11) is 0. The lowest BCUT2D eigenvalue weighted by Crippen LogP contribution is -2.64. The van der Waals surface area contributed by atoms with Gasteiger partial charge < -0.3 is 59.8 Å². The number of aliphatic hydroxyl groups is 6. The Labute approximate surface area is 218 Å². The first-order valence-corrected chi connectivity index (χ1v) is 12.0. The highest BCUT2D eigenvalue weighted by Crippen LogP contribution is 2.32. The zero-order valence-corrected chi connectivity index (χ0v) is 20.4. The normalized spacial score (nSPS) is 35.9. The average Bonchev–Trinajstić information content (AvgIpc) is 2.89. The lowest BCUT2D eigenvalue weighted by molar-refractivity contribution is -0.354. The third-order valence-corrected chi connectivity index (χ3v) is 6.45. The number of ether oxygens (including phenoxy) is 4. The number of rotatable bonds is 7. The quantitative estimate of drug-likeness (QED) is 0.207.